The van der Waals surface area contributed by atoms with Gasteiger partial charge in [-0.05, 0) is 6.92 Å². The summed E-state index contributed by atoms with van der Waals surface area (Å²) in [5.41, 5.74) is 0. The molecule has 0 aliphatic rings. The lowest BCUT2D eigenvalue weighted by molar-refractivity contribution is -0.142. The zero-order valence-corrected chi connectivity index (χ0v) is 9.20. The standard InChI is InChI=1S/C7H12O4S2/c1-3-11-6(8)4-5-12-13-7(9)10-2/h3-5H2,1-2H3. The molecule has 0 spiro atoms. The summed E-state index contributed by atoms with van der Waals surface area (Å²) in [6.07, 6.45) is 0.322. The minimum Gasteiger partial charge on any atom is -0.466 e. The van der Waals surface area contributed by atoms with Gasteiger partial charge >= 0.3 is 11.3 Å². The second kappa shape index (κ2) is 8.25. The Hall–Kier alpha value is -0.360. The third-order valence-corrected chi connectivity index (χ3v) is 3.04. The molecule has 0 rings (SSSR count). The van der Waals surface area contributed by atoms with E-state index in [-0.39, 0.29) is 11.3 Å². The van der Waals surface area contributed by atoms with Gasteiger partial charge in [0.2, 0.25) is 0 Å². The minimum atomic E-state index is -0.353. The van der Waals surface area contributed by atoms with Gasteiger partial charge in [-0.2, -0.15) is 0 Å². The van der Waals surface area contributed by atoms with Crippen LogP contribution in [0.4, 0.5) is 4.79 Å². The summed E-state index contributed by atoms with van der Waals surface area (Å²) in [4.78, 5) is 21.4. The van der Waals surface area contributed by atoms with E-state index in [4.69, 9.17) is 4.74 Å². The van der Waals surface area contributed by atoms with E-state index in [1.54, 1.807) is 6.92 Å². The quantitative estimate of drug-likeness (QED) is 0.405. The average Bonchev–Trinajstić information content (AvgIpc) is 2.12. The number of carbonyl (C=O) groups excluding carboxylic acids is 2. The molecule has 0 unspecified atom stereocenters. The average molecular weight is 224 g/mol. The molecule has 76 valence electrons. The number of hydrogen-bond acceptors (Lipinski definition) is 6. The number of rotatable bonds is 5. The molecule has 0 bridgehead atoms. The molecular formula is C7H12O4S2. The van der Waals surface area contributed by atoms with Gasteiger partial charge < -0.3 is 9.47 Å². The van der Waals surface area contributed by atoms with Crippen LogP contribution in [0.15, 0.2) is 0 Å². The van der Waals surface area contributed by atoms with Crippen LogP contribution in [-0.2, 0) is 14.3 Å². The second-order valence-electron chi connectivity index (χ2n) is 1.91. The number of carbonyl (C=O) groups is 2. The Bertz CT molecular complexity index is 172. The molecule has 0 aliphatic heterocycles. The number of ether oxygens (including phenoxy) is 2. The Balaban J connectivity index is 3.25. The van der Waals surface area contributed by atoms with E-state index in [1.165, 1.54) is 17.9 Å². The zero-order valence-electron chi connectivity index (χ0n) is 7.57. The smallest absolute Gasteiger partial charge is 0.377 e. The molecule has 0 atom stereocenters. The van der Waals surface area contributed by atoms with Gasteiger partial charge in [0.05, 0.1) is 20.1 Å². The lowest BCUT2D eigenvalue weighted by atomic mass is 10.5. The summed E-state index contributed by atoms with van der Waals surface area (Å²) in [5.74, 6) is 0.318. The van der Waals surface area contributed by atoms with Crippen molar-refractivity contribution in [3.63, 3.8) is 0 Å². The number of methoxy groups -OCH3 is 1. The van der Waals surface area contributed by atoms with E-state index in [0.717, 1.165) is 10.8 Å². The van der Waals surface area contributed by atoms with E-state index in [2.05, 4.69) is 4.74 Å². The normalized spacial score (nSPS) is 9.38. The van der Waals surface area contributed by atoms with Crippen LogP contribution >= 0.6 is 21.6 Å². The van der Waals surface area contributed by atoms with Crippen molar-refractivity contribution >= 4 is 32.9 Å². The van der Waals surface area contributed by atoms with Crippen molar-refractivity contribution in [1.82, 2.24) is 0 Å². The van der Waals surface area contributed by atoms with Gasteiger partial charge in [0.1, 0.15) is 0 Å². The highest BCUT2D eigenvalue weighted by Crippen LogP contribution is 2.23. The van der Waals surface area contributed by atoms with Crippen LogP contribution in [0, 0.1) is 0 Å². The number of hydrogen-bond donors (Lipinski definition) is 0. The summed E-state index contributed by atoms with van der Waals surface area (Å²) in [5, 5.41) is -0.353. The molecule has 0 radical (unpaired) electrons. The fourth-order valence-electron chi connectivity index (χ4n) is 0.482. The van der Waals surface area contributed by atoms with Crippen molar-refractivity contribution in [3.05, 3.63) is 0 Å². The molecule has 6 heteroatoms. The molecule has 0 saturated carbocycles. The first-order valence-electron chi connectivity index (χ1n) is 3.73. The third kappa shape index (κ3) is 7.98. The molecule has 0 aromatic carbocycles. The van der Waals surface area contributed by atoms with E-state index >= 15 is 0 Å². The van der Waals surface area contributed by atoms with Gasteiger partial charge in [0.15, 0.2) is 0 Å². The molecule has 0 aromatic rings. The summed E-state index contributed by atoms with van der Waals surface area (Å²) < 4.78 is 9.09. The van der Waals surface area contributed by atoms with Crippen molar-refractivity contribution < 1.29 is 19.1 Å². The first-order chi connectivity index (χ1) is 6.20. The van der Waals surface area contributed by atoms with Crippen LogP contribution in [0.5, 0.6) is 0 Å². The van der Waals surface area contributed by atoms with Crippen LogP contribution in [0.25, 0.3) is 0 Å². The summed E-state index contributed by atoms with van der Waals surface area (Å²) in [6.45, 7) is 2.15. The van der Waals surface area contributed by atoms with Crippen LogP contribution in [0.3, 0.4) is 0 Å². The summed E-state index contributed by atoms with van der Waals surface area (Å²) in [6, 6.07) is 0. The lowest BCUT2D eigenvalue weighted by Crippen LogP contribution is -2.04. The SMILES string of the molecule is CCOC(=O)CCSSC(=O)OC. The van der Waals surface area contributed by atoms with Crippen molar-refractivity contribution in [2.45, 2.75) is 13.3 Å². The number of esters is 1. The summed E-state index contributed by atoms with van der Waals surface area (Å²) >= 11 is 0. The Labute approximate surface area is 85.1 Å². The highest BCUT2D eigenvalue weighted by Gasteiger charge is 2.04. The fraction of sp³-hybridized carbons (Fsp3) is 0.714. The molecule has 0 heterocycles. The van der Waals surface area contributed by atoms with Gasteiger partial charge in [0.25, 0.3) is 0 Å². The van der Waals surface area contributed by atoms with Crippen LogP contribution in [0.1, 0.15) is 13.3 Å². The van der Waals surface area contributed by atoms with Gasteiger partial charge in [-0.25, -0.2) is 4.79 Å². The van der Waals surface area contributed by atoms with Crippen LogP contribution in [-0.4, -0.2) is 30.7 Å². The van der Waals surface area contributed by atoms with Crippen molar-refractivity contribution in [2.24, 2.45) is 0 Å². The molecule has 0 aromatic heterocycles. The monoisotopic (exact) mass is 224 g/mol. The molecule has 0 N–H and O–H groups in total. The van der Waals surface area contributed by atoms with E-state index in [9.17, 15) is 9.59 Å². The molecule has 0 amide bonds. The molecule has 4 nitrogen and oxygen atoms in total. The largest absolute Gasteiger partial charge is 0.466 e. The lowest BCUT2D eigenvalue weighted by Gasteiger charge is -2.00. The predicted molar refractivity (Wildman–Crippen MR) is 53.7 cm³/mol. The van der Waals surface area contributed by atoms with E-state index in [1.807, 2.05) is 0 Å². The minimum absolute atomic E-state index is 0.236. The fourth-order valence-corrected chi connectivity index (χ4v) is 1.97. The Morgan fingerprint density at radius 2 is 2.08 bits per heavy atom. The zero-order chi connectivity index (χ0) is 10.1. The van der Waals surface area contributed by atoms with E-state index < -0.39 is 0 Å². The highest BCUT2D eigenvalue weighted by molar-refractivity contribution is 8.82. The van der Waals surface area contributed by atoms with Crippen molar-refractivity contribution in [1.29, 1.82) is 0 Å². The van der Waals surface area contributed by atoms with Crippen LogP contribution in [0.2, 0.25) is 0 Å². The third-order valence-electron chi connectivity index (χ3n) is 0.988. The van der Waals surface area contributed by atoms with Crippen molar-refractivity contribution in [3.8, 4) is 0 Å². The second-order valence-corrected chi connectivity index (χ2v) is 4.27. The van der Waals surface area contributed by atoms with Crippen LogP contribution < -0.4 is 0 Å². The van der Waals surface area contributed by atoms with Gasteiger partial charge in [-0.3, -0.25) is 4.79 Å². The molecule has 13 heavy (non-hydrogen) atoms. The Morgan fingerprint density at radius 3 is 2.62 bits per heavy atom. The topological polar surface area (TPSA) is 52.6 Å². The highest BCUT2D eigenvalue weighted by atomic mass is 33.1. The van der Waals surface area contributed by atoms with Crippen molar-refractivity contribution in [2.75, 3.05) is 19.5 Å². The molecule has 0 aliphatic carbocycles. The maximum Gasteiger partial charge on any atom is 0.377 e. The summed E-state index contributed by atoms with van der Waals surface area (Å²) in [7, 11) is 3.59. The Kier molecular flexibility index (Phi) is 8.02. The molecule has 0 fully saturated rings. The first-order valence-corrected chi connectivity index (χ1v) is 6.05. The van der Waals surface area contributed by atoms with Gasteiger partial charge in [0, 0.05) is 16.5 Å². The Morgan fingerprint density at radius 1 is 1.38 bits per heavy atom. The van der Waals surface area contributed by atoms with Gasteiger partial charge in [-0.1, -0.05) is 10.8 Å². The molecular weight excluding hydrogens is 212 g/mol. The molecule has 0 saturated heterocycles. The first kappa shape index (κ1) is 12.6. The maximum absolute atomic E-state index is 10.8. The predicted octanol–water partition coefficient (Wildman–Crippen LogP) is 2.09. The van der Waals surface area contributed by atoms with E-state index in [0.29, 0.717) is 18.8 Å². The van der Waals surface area contributed by atoms with Gasteiger partial charge in [-0.15, -0.1) is 0 Å². The maximum atomic E-state index is 10.8.